The van der Waals surface area contributed by atoms with Crippen molar-refractivity contribution in [3.8, 4) is 0 Å². The zero-order chi connectivity index (χ0) is 17.8. The minimum atomic E-state index is -0.0869. The second-order valence-corrected chi connectivity index (χ2v) is 6.56. The Balaban J connectivity index is 1.79. The molecule has 130 valence electrons. The van der Waals surface area contributed by atoms with Gasteiger partial charge in [0.25, 0.3) is 5.56 Å². The third kappa shape index (κ3) is 3.98. The first-order chi connectivity index (χ1) is 12.1. The molecule has 4 nitrogen and oxygen atoms in total. The van der Waals surface area contributed by atoms with Gasteiger partial charge in [0.15, 0.2) is 0 Å². The number of aryl methyl sites for hydroxylation is 2. The number of nitrogens with one attached hydrogen (secondary N) is 2. The average molecular weight is 336 g/mol. The number of aliphatic hydroxyl groups is 1. The number of rotatable bonds is 6. The summed E-state index contributed by atoms with van der Waals surface area (Å²) in [5.41, 5.74) is 4.87. The number of pyridine rings is 1. The zero-order valence-electron chi connectivity index (χ0n) is 14.7. The van der Waals surface area contributed by atoms with E-state index in [1.165, 1.54) is 0 Å². The summed E-state index contributed by atoms with van der Waals surface area (Å²) < 4.78 is 0. The Kier molecular flexibility index (Phi) is 5.31. The van der Waals surface area contributed by atoms with Gasteiger partial charge in [0.1, 0.15) is 0 Å². The summed E-state index contributed by atoms with van der Waals surface area (Å²) in [5.74, 6) is 0. The lowest BCUT2D eigenvalue weighted by molar-refractivity contribution is 0.240. The standard InChI is InChI=1S/C21H24N2O2/c1-14-8-9-15(2)20-19(14)11-17(21(25)23-20)12-22-18(13-24)10-16-6-4-3-5-7-16/h3-9,11,18,22,24H,10,12-13H2,1-2H3,(H,23,25)/t18-/m1/s1. The number of H-pyrrole nitrogens is 1. The van der Waals surface area contributed by atoms with Gasteiger partial charge in [0.05, 0.1) is 12.1 Å². The lowest BCUT2D eigenvalue weighted by atomic mass is 10.0. The SMILES string of the molecule is Cc1ccc(C)c2[nH]c(=O)c(CN[C@@H](CO)Cc3ccccc3)cc12. The van der Waals surface area contributed by atoms with Crippen LogP contribution in [0.3, 0.4) is 0 Å². The molecule has 0 saturated heterocycles. The number of benzene rings is 2. The van der Waals surface area contributed by atoms with Gasteiger partial charge in [-0.2, -0.15) is 0 Å². The summed E-state index contributed by atoms with van der Waals surface area (Å²) in [6.45, 7) is 4.50. The minimum absolute atomic E-state index is 0.0263. The molecule has 0 spiro atoms. The third-order valence-corrected chi connectivity index (χ3v) is 4.65. The van der Waals surface area contributed by atoms with Crippen LogP contribution in [-0.2, 0) is 13.0 Å². The van der Waals surface area contributed by atoms with Gasteiger partial charge >= 0.3 is 0 Å². The normalized spacial score (nSPS) is 12.4. The van der Waals surface area contributed by atoms with Gasteiger partial charge in [0.2, 0.25) is 0 Å². The lowest BCUT2D eigenvalue weighted by Gasteiger charge is -2.16. The molecule has 25 heavy (non-hydrogen) atoms. The van der Waals surface area contributed by atoms with Crippen LogP contribution in [0, 0.1) is 13.8 Å². The van der Waals surface area contributed by atoms with E-state index in [-0.39, 0.29) is 18.2 Å². The summed E-state index contributed by atoms with van der Waals surface area (Å²) in [6.07, 6.45) is 0.723. The van der Waals surface area contributed by atoms with Gasteiger partial charge in [-0.1, -0.05) is 42.5 Å². The van der Waals surface area contributed by atoms with Crippen molar-refractivity contribution < 1.29 is 5.11 Å². The second kappa shape index (κ2) is 7.64. The number of aliphatic hydroxyl groups excluding tert-OH is 1. The van der Waals surface area contributed by atoms with Gasteiger partial charge in [0, 0.05) is 23.5 Å². The van der Waals surface area contributed by atoms with Crippen molar-refractivity contribution in [2.75, 3.05) is 6.61 Å². The Morgan fingerprint density at radius 3 is 2.52 bits per heavy atom. The highest BCUT2D eigenvalue weighted by molar-refractivity contribution is 5.85. The van der Waals surface area contributed by atoms with Crippen LogP contribution in [0.4, 0.5) is 0 Å². The Morgan fingerprint density at radius 2 is 1.80 bits per heavy atom. The Bertz CT molecular complexity index is 916. The summed E-state index contributed by atoms with van der Waals surface area (Å²) >= 11 is 0. The summed E-state index contributed by atoms with van der Waals surface area (Å²) in [4.78, 5) is 15.4. The van der Waals surface area contributed by atoms with Gasteiger partial charge < -0.3 is 15.4 Å². The molecule has 0 saturated carbocycles. The third-order valence-electron chi connectivity index (χ3n) is 4.65. The molecule has 0 aliphatic rings. The molecule has 2 aromatic carbocycles. The number of aromatic nitrogens is 1. The summed E-state index contributed by atoms with van der Waals surface area (Å²) in [5, 5.41) is 14.0. The molecular weight excluding hydrogens is 312 g/mol. The molecule has 3 aromatic rings. The highest BCUT2D eigenvalue weighted by atomic mass is 16.3. The number of hydrogen-bond acceptors (Lipinski definition) is 3. The molecule has 0 aliphatic carbocycles. The number of fused-ring (bicyclic) bond motifs is 1. The molecule has 3 N–H and O–H groups in total. The molecule has 0 aliphatic heterocycles. The van der Waals surface area contributed by atoms with E-state index in [4.69, 9.17) is 0 Å². The quantitative estimate of drug-likeness (QED) is 0.648. The molecule has 1 aromatic heterocycles. The van der Waals surface area contributed by atoms with E-state index in [2.05, 4.69) is 16.4 Å². The Labute approximate surface area is 147 Å². The van der Waals surface area contributed by atoms with Crippen molar-refractivity contribution in [1.82, 2.24) is 10.3 Å². The predicted molar refractivity (Wildman–Crippen MR) is 102 cm³/mol. The largest absolute Gasteiger partial charge is 0.395 e. The Morgan fingerprint density at radius 1 is 1.08 bits per heavy atom. The van der Waals surface area contributed by atoms with Crippen LogP contribution in [-0.4, -0.2) is 22.7 Å². The predicted octanol–water partition coefficient (Wildman–Crippen LogP) is 2.84. The van der Waals surface area contributed by atoms with Crippen molar-refractivity contribution in [3.05, 3.63) is 81.1 Å². The van der Waals surface area contributed by atoms with Crippen LogP contribution in [0.5, 0.6) is 0 Å². The van der Waals surface area contributed by atoms with E-state index in [1.807, 2.05) is 56.3 Å². The molecule has 3 rings (SSSR count). The topological polar surface area (TPSA) is 65.1 Å². The van der Waals surface area contributed by atoms with E-state index >= 15 is 0 Å². The number of hydrogen-bond donors (Lipinski definition) is 3. The fraction of sp³-hybridized carbons (Fsp3) is 0.286. The van der Waals surface area contributed by atoms with E-state index in [0.29, 0.717) is 12.1 Å². The van der Waals surface area contributed by atoms with E-state index in [0.717, 1.165) is 34.0 Å². The van der Waals surface area contributed by atoms with Crippen LogP contribution in [0.1, 0.15) is 22.3 Å². The zero-order valence-corrected chi connectivity index (χ0v) is 14.7. The molecule has 1 heterocycles. The first-order valence-electron chi connectivity index (χ1n) is 8.58. The van der Waals surface area contributed by atoms with Crippen molar-refractivity contribution in [1.29, 1.82) is 0 Å². The molecular formula is C21H24N2O2. The van der Waals surface area contributed by atoms with Gasteiger partial charge in [-0.25, -0.2) is 0 Å². The van der Waals surface area contributed by atoms with Crippen LogP contribution >= 0.6 is 0 Å². The van der Waals surface area contributed by atoms with E-state index in [1.54, 1.807) is 0 Å². The Hall–Kier alpha value is -2.43. The van der Waals surface area contributed by atoms with Crippen molar-refractivity contribution in [2.45, 2.75) is 32.9 Å². The summed E-state index contributed by atoms with van der Waals surface area (Å²) in [6, 6.07) is 16.0. The fourth-order valence-corrected chi connectivity index (χ4v) is 3.10. The lowest BCUT2D eigenvalue weighted by Crippen LogP contribution is -2.35. The smallest absolute Gasteiger partial charge is 0.252 e. The molecule has 4 heteroatoms. The fourth-order valence-electron chi connectivity index (χ4n) is 3.10. The van der Waals surface area contributed by atoms with Gasteiger partial charge in [-0.15, -0.1) is 0 Å². The maximum absolute atomic E-state index is 12.4. The first-order valence-corrected chi connectivity index (χ1v) is 8.58. The average Bonchev–Trinajstić information content (AvgIpc) is 2.63. The van der Waals surface area contributed by atoms with E-state index < -0.39 is 0 Å². The van der Waals surface area contributed by atoms with Gasteiger partial charge in [-0.05, 0) is 43.0 Å². The highest BCUT2D eigenvalue weighted by Gasteiger charge is 2.11. The van der Waals surface area contributed by atoms with Crippen molar-refractivity contribution >= 4 is 10.9 Å². The second-order valence-electron chi connectivity index (χ2n) is 6.56. The maximum atomic E-state index is 12.4. The van der Waals surface area contributed by atoms with Crippen LogP contribution < -0.4 is 10.9 Å². The number of aromatic amines is 1. The summed E-state index contributed by atoms with van der Waals surface area (Å²) in [7, 11) is 0. The van der Waals surface area contributed by atoms with Crippen LogP contribution in [0.2, 0.25) is 0 Å². The maximum Gasteiger partial charge on any atom is 0.252 e. The minimum Gasteiger partial charge on any atom is -0.395 e. The van der Waals surface area contributed by atoms with Crippen LogP contribution in [0.15, 0.2) is 53.3 Å². The molecule has 1 atom stereocenters. The first kappa shape index (κ1) is 17.4. The molecule has 0 amide bonds. The highest BCUT2D eigenvalue weighted by Crippen LogP contribution is 2.19. The molecule has 0 unspecified atom stereocenters. The van der Waals surface area contributed by atoms with Crippen molar-refractivity contribution in [3.63, 3.8) is 0 Å². The molecule has 0 fully saturated rings. The van der Waals surface area contributed by atoms with Gasteiger partial charge in [-0.3, -0.25) is 4.79 Å². The van der Waals surface area contributed by atoms with Crippen molar-refractivity contribution in [2.24, 2.45) is 0 Å². The molecule has 0 bridgehead atoms. The van der Waals surface area contributed by atoms with Crippen LogP contribution in [0.25, 0.3) is 10.9 Å². The molecule has 0 radical (unpaired) electrons. The van der Waals surface area contributed by atoms with E-state index in [9.17, 15) is 9.90 Å². The monoisotopic (exact) mass is 336 g/mol.